The summed E-state index contributed by atoms with van der Waals surface area (Å²) in [5.41, 5.74) is -0.0348. The number of hydrogen-bond donors (Lipinski definition) is 1. The molecule has 2 nitrogen and oxygen atoms in total. The molecule has 1 atom stereocenters. The molecule has 0 spiro atoms. The van der Waals surface area contributed by atoms with Crippen LogP contribution in [0.25, 0.3) is 0 Å². The van der Waals surface area contributed by atoms with Crippen LogP contribution in [-0.2, 0) is 4.74 Å². The predicted molar refractivity (Wildman–Crippen MR) is 53.3 cm³/mol. The lowest BCUT2D eigenvalue weighted by Gasteiger charge is -2.11. The van der Waals surface area contributed by atoms with Gasteiger partial charge in [0.15, 0.2) is 0 Å². The van der Waals surface area contributed by atoms with E-state index in [-0.39, 0.29) is 12.0 Å². The lowest BCUT2D eigenvalue weighted by molar-refractivity contribution is 0.0792. The summed E-state index contributed by atoms with van der Waals surface area (Å²) >= 11 is 3.40. The zero-order chi connectivity index (χ0) is 8.53. The van der Waals surface area contributed by atoms with Gasteiger partial charge < -0.3 is 9.84 Å². The Morgan fingerprint density at radius 1 is 1.55 bits per heavy atom. The largest absolute Gasteiger partial charge is 0.393 e. The predicted octanol–water partition coefficient (Wildman–Crippen LogP) is 1.44. The summed E-state index contributed by atoms with van der Waals surface area (Å²) in [6, 6.07) is 0. The fourth-order valence-corrected chi connectivity index (χ4v) is 1.46. The van der Waals surface area contributed by atoms with Crippen molar-refractivity contribution < 1.29 is 9.84 Å². The standard InChI is InChI=1S/C7H16O2S2/c1-3-11-5-4-9-7(6-8)10-2/h7-8H,3-6H2,1-2H3. The average Bonchev–Trinajstić information content (AvgIpc) is 2.05. The van der Waals surface area contributed by atoms with Gasteiger partial charge in [0, 0.05) is 5.75 Å². The van der Waals surface area contributed by atoms with Crippen LogP contribution in [0, 0.1) is 0 Å². The molecule has 11 heavy (non-hydrogen) atoms. The summed E-state index contributed by atoms with van der Waals surface area (Å²) in [4.78, 5) is 0. The summed E-state index contributed by atoms with van der Waals surface area (Å²) in [6.07, 6.45) is 1.94. The van der Waals surface area contributed by atoms with E-state index in [0.29, 0.717) is 0 Å². The Morgan fingerprint density at radius 3 is 2.73 bits per heavy atom. The van der Waals surface area contributed by atoms with Crippen LogP contribution >= 0.6 is 23.5 Å². The molecule has 1 unspecified atom stereocenters. The van der Waals surface area contributed by atoms with Gasteiger partial charge in [0.1, 0.15) is 5.44 Å². The number of ether oxygens (including phenoxy) is 1. The fourth-order valence-electron chi connectivity index (χ4n) is 0.578. The molecule has 0 bridgehead atoms. The molecule has 0 rings (SSSR count). The van der Waals surface area contributed by atoms with E-state index in [9.17, 15) is 0 Å². The Kier molecular flexibility index (Phi) is 9.21. The minimum Gasteiger partial charge on any atom is -0.393 e. The van der Waals surface area contributed by atoms with Crippen LogP contribution in [-0.4, -0.2) is 41.5 Å². The summed E-state index contributed by atoms with van der Waals surface area (Å²) in [5.74, 6) is 2.15. The Bertz CT molecular complexity index is 76.8. The van der Waals surface area contributed by atoms with E-state index >= 15 is 0 Å². The van der Waals surface area contributed by atoms with Crippen LogP contribution in [0.4, 0.5) is 0 Å². The summed E-state index contributed by atoms with van der Waals surface area (Å²) in [5, 5.41) is 8.73. The van der Waals surface area contributed by atoms with E-state index < -0.39 is 0 Å². The number of aliphatic hydroxyl groups excluding tert-OH is 1. The first-order valence-electron chi connectivity index (χ1n) is 3.68. The fraction of sp³-hybridized carbons (Fsp3) is 1.00. The molecular weight excluding hydrogens is 180 g/mol. The number of thioether (sulfide) groups is 2. The van der Waals surface area contributed by atoms with Crippen LogP contribution in [0.1, 0.15) is 6.92 Å². The Hall–Kier alpha value is 0.620. The van der Waals surface area contributed by atoms with E-state index in [1.807, 2.05) is 18.0 Å². The molecule has 0 radical (unpaired) electrons. The van der Waals surface area contributed by atoms with Gasteiger partial charge in [0.25, 0.3) is 0 Å². The van der Waals surface area contributed by atoms with Crippen molar-refractivity contribution in [1.29, 1.82) is 0 Å². The highest BCUT2D eigenvalue weighted by Crippen LogP contribution is 2.07. The van der Waals surface area contributed by atoms with Crippen LogP contribution in [0.15, 0.2) is 0 Å². The molecule has 0 aliphatic carbocycles. The van der Waals surface area contributed by atoms with Crippen molar-refractivity contribution in [3.63, 3.8) is 0 Å². The average molecular weight is 196 g/mol. The summed E-state index contributed by atoms with van der Waals surface area (Å²) < 4.78 is 5.33. The van der Waals surface area contributed by atoms with Crippen LogP contribution in [0.3, 0.4) is 0 Å². The second-order valence-corrected chi connectivity index (χ2v) is 4.31. The highest BCUT2D eigenvalue weighted by Gasteiger charge is 2.03. The first-order valence-corrected chi connectivity index (χ1v) is 6.12. The molecule has 68 valence electrons. The zero-order valence-corrected chi connectivity index (χ0v) is 8.71. The van der Waals surface area contributed by atoms with E-state index in [1.165, 1.54) is 0 Å². The van der Waals surface area contributed by atoms with Crippen LogP contribution in [0.2, 0.25) is 0 Å². The topological polar surface area (TPSA) is 29.5 Å². The third-order valence-electron chi connectivity index (χ3n) is 1.15. The van der Waals surface area contributed by atoms with Gasteiger partial charge in [-0.15, -0.1) is 11.8 Å². The highest BCUT2D eigenvalue weighted by molar-refractivity contribution is 7.99. The molecule has 0 aromatic rings. The van der Waals surface area contributed by atoms with Crippen molar-refractivity contribution in [1.82, 2.24) is 0 Å². The van der Waals surface area contributed by atoms with E-state index in [1.54, 1.807) is 11.8 Å². The van der Waals surface area contributed by atoms with Crippen molar-refractivity contribution >= 4 is 23.5 Å². The Balaban J connectivity index is 3.07. The van der Waals surface area contributed by atoms with Gasteiger partial charge in [-0.1, -0.05) is 6.92 Å². The van der Waals surface area contributed by atoms with Gasteiger partial charge in [-0.3, -0.25) is 0 Å². The molecule has 4 heteroatoms. The highest BCUT2D eigenvalue weighted by atomic mass is 32.2. The molecular formula is C7H16O2S2. The van der Waals surface area contributed by atoms with Crippen molar-refractivity contribution in [2.75, 3.05) is 31.0 Å². The molecule has 1 N–H and O–H groups in total. The molecule has 0 aliphatic heterocycles. The molecule has 0 saturated carbocycles. The van der Waals surface area contributed by atoms with Crippen LogP contribution < -0.4 is 0 Å². The van der Waals surface area contributed by atoms with E-state index in [4.69, 9.17) is 9.84 Å². The van der Waals surface area contributed by atoms with Gasteiger partial charge in [0.05, 0.1) is 13.2 Å². The second-order valence-electron chi connectivity index (χ2n) is 1.92. The Morgan fingerprint density at radius 2 is 2.27 bits per heavy atom. The smallest absolute Gasteiger partial charge is 0.126 e. The molecule has 0 fully saturated rings. The Labute approximate surface area is 77.1 Å². The summed E-state index contributed by atoms with van der Waals surface area (Å²) in [7, 11) is 0. The first kappa shape index (κ1) is 11.6. The van der Waals surface area contributed by atoms with Crippen molar-refractivity contribution in [3.05, 3.63) is 0 Å². The lowest BCUT2D eigenvalue weighted by Crippen LogP contribution is -2.14. The van der Waals surface area contributed by atoms with Gasteiger partial charge in [0.2, 0.25) is 0 Å². The minimum absolute atomic E-state index is 0.0348. The van der Waals surface area contributed by atoms with Gasteiger partial charge in [-0.05, 0) is 12.0 Å². The normalized spacial score (nSPS) is 13.4. The molecule has 0 heterocycles. The monoisotopic (exact) mass is 196 g/mol. The van der Waals surface area contributed by atoms with Gasteiger partial charge in [-0.2, -0.15) is 11.8 Å². The quantitative estimate of drug-likeness (QED) is 0.493. The maximum Gasteiger partial charge on any atom is 0.126 e. The molecule has 0 aromatic heterocycles. The molecule has 0 aliphatic rings. The number of aliphatic hydroxyl groups is 1. The summed E-state index contributed by atoms with van der Waals surface area (Å²) in [6.45, 7) is 2.98. The van der Waals surface area contributed by atoms with E-state index in [0.717, 1.165) is 18.1 Å². The first-order chi connectivity index (χ1) is 5.35. The zero-order valence-electron chi connectivity index (χ0n) is 7.08. The molecule has 0 amide bonds. The van der Waals surface area contributed by atoms with Crippen molar-refractivity contribution in [2.45, 2.75) is 12.4 Å². The molecule has 0 saturated heterocycles. The number of rotatable bonds is 7. The van der Waals surface area contributed by atoms with Crippen molar-refractivity contribution in [3.8, 4) is 0 Å². The van der Waals surface area contributed by atoms with Crippen molar-refractivity contribution in [2.24, 2.45) is 0 Å². The lowest BCUT2D eigenvalue weighted by atomic mass is 10.7. The molecule has 0 aromatic carbocycles. The number of hydrogen-bond acceptors (Lipinski definition) is 4. The SMILES string of the molecule is CCSCCOC(CO)SC. The second kappa shape index (κ2) is 8.71. The van der Waals surface area contributed by atoms with Gasteiger partial charge in [-0.25, -0.2) is 0 Å². The van der Waals surface area contributed by atoms with Crippen LogP contribution in [0.5, 0.6) is 0 Å². The third kappa shape index (κ3) is 7.00. The third-order valence-corrected chi connectivity index (χ3v) is 2.82. The van der Waals surface area contributed by atoms with E-state index in [2.05, 4.69) is 6.92 Å². The maximum absolute atomic E-state index is 8.73. The maximum atomic E-state index is 8.73. The minimum atomic E-state index is -0.0348. The van der Waals surface area contributed by atoms with Gasteiger partial charge >= 0.3 is 0 Å².